The highest BCUT2D eigenvalue weighted by Crippen LogP contribution is 2.23. The fourth-order valence-electron chi connectivity index (χ4n) is 2.01. The Morgan fingerprint density at radius 2 is 1.52 bits per heavy atom. The van der Waals surface area contributed by atoms with Gasteiger partial charge in [0.25, 0.3) is 5.24 Å². The van der Waals surface area contributed by atoms with E-state index in [9.17, 15) is 9.18 Å². The Balaban J connectivity index is 1.89. The van der Waals surface area contributed by atoms with Crippen molar-refractivity contribution in [2.45, 2.75) is 19.6 Å². The predicted octanol–water partition coefficient (Wildman–Crippen LogP) is 5.31. The number of hydrogen-bond donors (Lipinski definition) is 0. The fraction of sp³-hybridized carbons (Fsp3) is 0.278. The van der Waals surface area contributed by atoms with Gasteiger partial charge in [0.05, 0.1) is 0 Å². The van der Waals surface area contributed by atoms with Gasteiger partial charge in [-0.15, -0.1) is 0 Å². The van der Waals surface area contributed by atoms with Crippen molar-refractivity contribution in [3.8, 4) is 11.5 Å². The Morgan fingerprint density at radius 3 is 2.04 bits per heavy atom. The zero-order valence-corrected chi connectivity index (χ0v) is 14.1. The zero-order chi connectivity index (χ0) is 16.7. The van der Waals surface area contributed by atoms with E-state index in [4.69, 9.17) is 4.74 Å². The van der Waals surface area contributed by atoms with E-state index in [0.29, 0.717) is 17.3 Å². The van der Waals surface area contributed by atoms with Gasteiger partial charge >= 0.3 is 0 Å². The van der Waals surface area contributed by atoms with Gasteiger partial charge in [-0.05, 0) is 55.8 Å². The first-order chi connectivity index (χ1) is 11.1. The molecule has 2 rings (SSSR count). The molecule has 0 spiro atoms. The van der Waals surface area contributed by atoms with Crippen molar-refractivity contribution < 1.29 is 13.9 Å². The first-order valence-corrected chi connectivity index (χ1v) is 8.55. The Bertz CT molecular complexity index is 624. The summed E-state index contributed by atoms with van der Waals surface area (Å²) < 4.78 is 18.5. The third-order valence-corrected chi connectivity index (χ3v) is 4.34. The van der Waals surface area contributed by atoms with E-state index in [0.717, 1.165) is 18.7 Å². The van der Waals surface area contributed by atoms with Crippen molar-refractivity contribution in [2.75, 3.05) is 13.1 Å². The second-order valence-electron chi connectivity index (χ2n) is 4.93. The standard InChI is InChI=1S/C18H20FNO2S/c1-3-20(4-2)18(21)23-13-14-5-9-16(10-6-14)22-17-11-7-15(19)8-12-17/h5-12H,3-4,13H2,1-2H3. The lowest BCUT2D eigenvalue weighted by molar-refractivity contribution is 0.228. The molecule has 0 atom stereocenters. The van der Waals surface area contributed by atoms with Crippen LogP contribution in [0.5, 0.6) is 11.5 Å². The normalized spacial score (nSPS) is 10.4. The molecule has 23 heavy (non-hydrogen) atoms. The third-order valence-electron chi connectivity index (χ3n) is 3.36. The summed E-state index contributed by atoms with van der Waals surface area (Å²) in [4.78, 5) is 13.8. The van der Waals surface area contributed by atoms with Gasteiger partial charge in [-0.2, -0.15) is 0 Å². The van der Waals surface area contributed by atoms with Crippen molar-refractivity contribution in [1.82, 2.24) is 4.90 Å². The van der Waals surface area contributed by atoms with Crippen LogP contribution in [0.15, 0.2) is 48.5 Å². The lowest BCUT2D eigenvalue weighted by Crippen LogP contribution is -2.26. The maximum absolute atomic E-state index is 12.8. The molecule has 2 aromatic rings. The van der Waals surface area contributed by atoms with Crippen LogP contribution in [0.3, 0.4) is 0 Å². The molecule has 0 aromatic heterocycles. The smallest absolute Gasteiger partial charge is 0.281 e. The number of benzene rings is 2. The molecule has 0 aliphatic rings. The van der Waals surface area contributed by atoms with E-state index in [-0.39, 0.29) is 11.1 Å². The molecule has 0 aliphatic heterocycles. The topological polar surface area (TPSA) is 29.5 Å². The van der Waals surface area contributed by atoms with Crippen LogP contribution in [0.2, 0.25) is 0 Å². The maximum Gasteiger partial charge on any atom is 0.281 e. The van der Waals surface area contributed by atoms with E-state index >= 15 is 0 Å². The number of hydrogen-bond acceptors (Lipinski definition) is 3. The molecule has 0 N–H and O–H groups in total. The molecule has 1 amide bonds. The minimum Gasteiger partial charge on any atom is -0.457 e. The molecule has 0 saturated carbocycles. The summed E-state index contributed by atoms with van der Waals surface area (Å²) in [5.41, 5.74) is 1.06. The van der Waals surface area contributed by atoms with Crippen LogP contribution in [0.1, 0.15) is 19.4 Å². The molecule has 0 aliphatic carbocycles. The molecule has 0 heterocycles. The molecule has 0 bridgehead atoms. The van der Waals surface area contributed by atoms with Crippen LogP contribution in [-0.4, -0.2) is 23.2 Å². The summed E-state index contributed by atoms with van der Waals surface area (Å²) in [5.74, 6) is 1.61. The Kier molecular flexibility index (Phi) is 6.47. The van der Waals surface area contributed by atoms with Crippen LogP contribution in [0, 0.1) is 5.82 Å². The molecule has 0 unspecified atom stereocenters. The molecular weight excluding hydrogens is 313 g/mol. The van der Waals surface area contributed by atoms with Gasteiger partial charge in [-0.25, -0.2) is 4.39 Å². The van der Waals surface area contributed by atoms with E-state index < -0.39 is 0 Å². The number of carbonyl (C=O) groups excluding carboxylic acids is 1. The summed E-state index contributed by atoms with van der Waals surface area (Å²) in [7, 11) is 0. The number of thioether (sulfide) groups is 1. The van der Waals surface area contributed by atoms with E-state index in [1.165, 1.54) is 23.9 Å². The quantitative estimate of drug-likeness (QED) is 0.717. The molecule has 2 aromatic carbocycles. The molecule has 5 heteroatoms. The predicted molar refractivity (Wildman–Crippen MR) is 92.5 cm³/mol. The van der Waals surface area contributed by atoms with Gasteiger partial charge in [0.1, 0.15) is 17.3 Å². The summed E-state index contributed by atoms with van der Waals surface area (Å²) in [6, 6.07) is 13.5. The van der Waals surface area contributed by atoms with E-state index in [1.807, 2.05) is 38.1 Å². The second-order valence-corrected chi connectivity index (χ2v) is 5.85. The van der Waals surface area contributed by atoms with E-state index in [1.54, 1.807) is 17.0 Å². The average Bonchev–Trinajstić information content (AvgIpc) is 2.57. The van der Waals surface area contributed by atoms with Gasteiger partial charge in [0.2, 0.25) is 0 Å². The highest BCUT2D eigenvalue weighted by Gasteiger charge is 2.10. The number of rotatable bonds is 6. The van der Waals surface area contributed by atoms with Gasteiger partial charge < -0.3 is 9.64 Å². The second kappa shape index (κ2) is 8.58. The first-order valence-electron chi connectivity index (χ1n) is 7.56. The van der Waals surface area contributed by atoms with Crippen LogP contribution < -0.4 is 4.74 Å². The lowest BCUT2D eigenvalue weighted by Gasteiger charge is -2.17. The summed E-state index contributed by atoms with van der Waals surface area (Å²) in [6.07, 6.45) is 0. The zero-order valence-electron chi connectivity index (χ0n) is 13.3. The number of nitrogens with zero attached hydrogens (tertiary/aromatic N) is 1. The van der Waals surface area contributed by atoms with Crippen molar-refractivity contribution in [3.63, 3.8) is 0 Å². The average molecular weight is 333 g/mol. The molecule has 3 nitrogen and oxygen atoms in total. The molecule has 0 saturated heterocycles. The van der Waals surface area contributed by atoms with Crippen LogP contribution in [-0.2, 0) is 5.75 Å². The molecular formula is C18H20FNO2S. The number of carbonyl (C=O) groups is 1. The van der Waals surface area contributed by atoms with Crippen molar-refractivity contribution in [1.29, 1.82) is 0 Å². The summed E-state index contributed by atoms with van der Waals surface area (Å²) >= 11 is 1.30. The first kappa shape index (κ1) is 17.3. The van der Waals surface area contributed by atoms with Crippen molar-refractivity contribution in [3.05, 3.63) is 59.9 Å². The Morgan fingerprint density at radius 1 is 1.00 bits per heavy atom. The summed E-state index contributed by atoms with van der Waals surface area (Å²) in [5, 5.41) is 0.0987. The minimum absolute atomic E-state index is 0.0987. The largest absolute Gasteiger partial charge is 0.457 e. The Labute approximate surface area is 140 Å². The highest BCUT2D eigenvalue weighted by molar-refractivity contribution is 8.12. The number of halogens is 1. The van der Waals surface area contributed by atoms with E-state index in [2.05, 4.69) is 0 Å². The third kappa shape index (κ3) is 5.28. The highest BCUT2D eigenvalue weighted by atomic mass is 32.2. The summed E-state index contributed by atoms with van der Waals surface area (Å²) in [6.45, 7) is 5.41. The minimum atomic E-state index is -0.289. The van der Waals surface area contributed by atoms with Gasteiger partial charge in [-0.3, -0.25) is 4.79 Å². The molecule has 0 fully saturated rings. The number of amides is 1. The lowest BCUT2D eigenvalue weighted by atomic mass is 10.2. The SMILES string of the molecule is CCN(CC)C(=O)SCc1ccc(Oc2ccc(F)cc2)cc1. The number of ether oxygens (including phenoxy) is 1. The van der Waals surface area contributed by atoms with Crippen molar-refractivity contribution in [2.24, 2.45) is 0 Å². The maximum atomic E-state index is 12.8. The van der Waals surface area contributed by atoms with Crippen LogP contribution >= 0.6 is 11.8 Å². The van der Waals surface area contributed by atoms with Crippen LogP contribution in [0.25, 0.3) is 0 Å². The van der Waals surface area contributed by atoms with Gasteiger partial charge in [0, 0.05) is 18.8 Å². The Hall–Kier alpha value is -2.01. The van der Waals surface area contributed by atoms with Crippen LogP contribution in [0.4, 0.5) is 9.18 Å². The van der Waals surface area contributed by atoms with Gasteiger partial charge in [-0.1, -0.05) is 23.9 Å². The molecule has 0 radical (unpaired) electrons. The monoisotopic (exact) mass is 333 g/mol. The van der Waals surface area contributed by atoms with Crippen molar-refractivity contribution >= 4 is 17.0 Å². The fourth-order valence-corrected chi connectivity index (χ4v) is 2.93. The molecule has 122 valence electrons. The van der Waals surface area contributed by atoms with Gasteiger partial charge in [0.15, 0.2) is 0 Å².